The predicted octanol–water partition coefficient (Wildman–Crippen LogP) is 0.925. The Morgan fingerprint density at radius 1 is 1.55 bits per heavy atom. The van der Waals surface area contributed by atoms with Gasteiger partial charge in [0.25, 0.3) is 0 Å². The van der Waals surface area contributed by atoms with Crippen LogP contribution in [0.1, 0.15) is 22.6 Å². The second-order valence-electron chi connectivity index (χ2n) is 2.48. The Balaban J connectivity index is 2.05. The molecule has 0 saturated heterocycles. The Kier molecular flexibility index (Phi) is 1.58. The van der Waals surface area contributed by atoms with E-state index in [1.165, 1.54) is 24.2 Å². The maximum Gasteiger partial charge on any atom is 0.206 e. The van der Waals surface area contributed by atoms with Gasteiger partial charge in [0.15, 0.2) is 11.3 Å². The summed E-state index contributed by atoms with van der Waals surface area (Å²) in [6, 6.07) is 0.572. The molecule has 0 bridgehead atoms. The van der Waals surface area contributed by atoms with Crippen LogP contribution in [-0.4, -0.2) is 22.5 Å². The molecule has 0 atom stereocenters. The van der Waals surface area contributed by atoms with Crippen LogP contribution in [0.2, 0.25) is 0 Å². The van der Waals surface area contributed by atoms with Gasteiger partial charge in [-0.2, -0.15) is 0 Å². The van der Waals surface area contributed by atoms with Crippen LogP contribution in [0, 0.1) is 0 Å². The van der Waals surface area contributed by atoms with Gasteiger partial charge in [-0.15, -0.1) is 10.2 Å². The number of anilines is 1. The molecule has 1 saturated carbocycles. The molecular formula is C6H7N3OS. The van der Waals surface area contributed by atoms with E-state index in [0.29, 0.717) is 11.0 Å². The van der Waals surface area contributed by atoms with Gasteiger partial charge in [-0.3, -0.25) is 4.79 Å². The number of nitrogens with zero attached hydrogens (tertiary/aromatic N) is 2. The molecule has 1 aromatic heterocycles. The summed E-state index contributed by atoms with van der Waals surface area (Å²) in [5, 5.41) is 11.8. The van der Waals surface area contributed by atoms with Crippen molar-refractivity contribution < 1.29 is 4.79 Å². The SMILES string of the molecule is O=Cc1nnc(NC2CC2)s1. The number of aromatic nitrogens is 2. The highest BCUT2D eigenvalue weighted by atomic mass is 32.1. The van der Waals surface area contributed by atoms with E-state index in [4.69, 9.17) is 0 Å². The highest BCUT2D eigenvalue weighted by Crippen LogP contribution is 2.25. The van der Waals surface area contributed by atoms with Gasteiger partial charge in [-0.1, -0.05) is 11.3 Å². The Morgan fingerprint density at radius 3 is 2.91 bits per heavy atom. The van der Waals surface area contributed by atoms with Crippen molar-refractivity contribution in [2.45, 2.75) is 18.9 Å². The van der Waals surface area contributed by atoms with Crippen molar-refractivity contribution in [2.75, 3.05) is 5.32 Å². The van der Waals surface area contributed by atoms with E-state index >= 15 is 0 Å². The molecule has 0 spiro atoms. The van der Waals surface area contributed by atoms with Gasteiger partial charge in [0.05, 0.1) is 0 Å². The summed E-state index contributed by atoms with van der Waals surface area (Å²) in [5.41, 5.74) is 0. The fourth-order valence-electron chi connectivity index (χ4n) is 0.743. The van der Waals surface area contributed by atoms with Gasteiger partial charge in [-0.25, -0.2) is 0 Å². The number of carbonyl (C=O) groups is 1. The molecule has 0 aromatic carbocycles. The minimum absolute atomic E-state index is 0.438. The van der Waals surface area contributed by atoms with Crippen molar-refractivity contribution >= 4 is 22.8 Å². The lowest BCUT2D eigenvalue weighted by Gasteiger charge is -1.93. The summed E-state index contributed by atoms with van der Waals surface area (Å²) < 4.78 is 0. The lowest BCUT2D eigenvalue weighted by atomic mass is 10.7. The maximum atomic E-state index is 10.2. The highest BCUT2D eigenvalue weighted by Gasteiger charge is 2.22. The quantitative estimate of drug-likeness (QED) is 0.684. The number of hydrogen-bond acceptors (Lipinski definition) is 5. The van der Waals surface area contributed by atoms with Crippen LogP contribution in [0.3, 0.4) is 0 Å². The van der Waals surface area contributed by atoms with Crippen molar-refractivity contribution in [3.05, 3.63) is 5.01 Å². The van der Waals surface area contributed by atoms with Crippen LogP contribution in [0.25, 0.3) is 0 Å². The number of carbonyl (C=O) groups excluding carboxylic acids is 1. The van der Waals surface area contributed by atoms with E-state index < -0.39 is 0 Å². The number of nitrogens with one attached hydrogen (secondary N) is 1. The predicted molar refractivity (Wildman–Crippen MR) is 41.9 cm³/mol. The van der Waals surface area contributed by atoms with Gasteiger partial charge >= 0.3 is 0 Å². The van der Waals surface area contributed by atoms with Crippen LogP contribution in [0.15, 0.2) is 0 Å². The zero-order valence-corrected chi connectivity index (χ0v) is 6.60. The largest absolute Gasteiger partial charge is 0.357 e. The number of hydrogen-bond donors (Lipinski definition) is 1. The molecule has 0 radical (unpaired) electrons. The summed E-state index contributed by atoms with van der Waals surface area (Å²) >= 11 is 1.30. The first kappa shape index (κ1) is 6.72. The van der Waals surface area contributed by atoms with Crippen molar-refractivity contribution in [3.63, 3.8) is 0 Å². The third-order valence-corrected chi connectivity index (χ3v) is 2.23. The van der Waals surface area contributed by atoms with Gasteiger partial charge in [-0.05, 0) is 12.8 Å². The zero-order valence-electron chi connectivity index (χ0n) is 5.78. The van der Waals surface area contributed by atoms with Crippen LogP contribution < -0.4 is 5.32 Å². The summed E-state index contributed by atoms with van der Waals surface area (Å²) in [5.74, 6) is 0. The summed E-state index contributed by atoms with van der Waals surface area (Å²) in [6.07, 6.45) is 3.13. The maximum absolute atomic E-state index is 10.2. The Hall–Kier alpha value is -0.970. The van der Waals surface area contributed by atoms with Gasteiger partial charge in [0.2, 0.25) is 5.13 Å². The molecular weight excluding hydrogens is 162 g/mol. The van der Waals surface area contributed by atoms with Gasteiger partial charge < -0.3 is 5.32 Å². The third kappa shape index (κ3) is 1.54. The van der Waals surface area contributed by atoms with E-state index in [0.717, 1.165) is 11.4 Å². The number of rotatable bonds is 3. The molecule has 1 aromatic rings. The second kappa shape index (κ2) is 2.58. The van der Waals surface area contributed by atoms with E-state index in [1.54, 1.807) is 0 Å². The minimum atomic E-state index is 0.438. The Bertz CT molecular complexity index is 269. The summed E-state index contributed by atoms with van der Waals surface area (Å²) in [7, 11) is 0. The Morgan fingerprint density at radius 2 is 2.36 bits per heavy atom. The van der Waals surface area contributed by atoms with Gasteiger partial charge in [0, 0.05) is 6.04 Å². The fourth-order valence-corrected chi connectivity index (χ4v) is 1.38. The standard InChI is InChI=1S/C6H7N3OS/c10-3-5-8-9-6(11-5)7-4-1-2-4/h3-4H,1-2H2,(H,7,9). The van der Waals surface area contributed by atoms with Crippen molar-refractivity contribution in [3.8, 4) is 0 Å². The third-order valence-electron chi connectivity index (χ3n) is 1.45. The average molecular weight is 169 g/mol. The van der Waals surface area contributed by atoms with Crippen LogP contribution in [0.4, 0.5) is 5.13 Å². The zero-order chi connectivity index (χ0) is 7.68. The molecule has 0 aliphatic heterocycles. The summed E-state index contributed by atoms with van der Waals surface area (Å²) in [4.78, 5) is 10.2. The van der Waals surface area contributed by atoms with Crippen molar-refractivity contribution in [2.24, 2.45) is 0 Å². The lowest BCUT2D eigenvalue weighted by molar-refractivity contribution is 0.112. The topological polar surface area (TPSA) is 54.9 Å². The molecule has 58 valence electrons. The van der Waals surface area contributed by atoms with E-state index in [-0.39, 0.29) is 0 Å². The van der Waals surface area contributed by atoms with Crippen molar-refractivity contribution in [1.82, 2.24) is 10.2 Å². The first-order valence-corrected chi connectivity index (χ1v) is 4.25. The molecule has 5 heteroatoms. The summed E-state index contributed by atoms with van der Waals surface area (Å²) in [6.45, 7) is 0. The molecule has 11 heavy (non-hydrogen) atoms. The molecule has 1 heterocycles. The molecule has 1 aliphatic rings. The second-order valence-corrected chi connectivity index (χ2v) is 3.49. The first-order valence-electron chi connectivity index (χ1n) is 3.44. The molecule has 1 N–H and O–H groups in total. The van der Waals surface area contributed by atoms with Crippen LogP contribution >= 0.6 is 11.3 Å². The monoisotopic (exact) mass is 169 g/mol. The first-order chi connectivity index (χ1) is 5.38. The van der Waals surface area contributed by atoms with E-state index in [9.17, 15) is 4.79 Å². The molecule has 1 aliphatic carbocycles. The molecule has 0 amide bonds. The van der Waals surface area contributed by atoms with Crippen LogP contribution in [-0.2, 0) is 0 Å². The van der Waals surface area contributed by atoms with Gasteiger partial charge in [0.1, 0.15) is 0 Å². The Labute approximate surface area is 67.6 Å². The normalized spacial score (nSPS) is 16.4. The van der Waals surface area contributed by atoms with Crippen LogP contribution in [0.5, 0.6) is 0 Å². The molecule has 2 rings (SSSR count). The molecule has 0 unspecified atom stereocenters. The number of aldehydes is 1. The lowest BCUT2D eigenvalue weighted by Crippen LogP contribution is -1.99. The smallest absolute Gasteiger partial charge is 0.206 e. The van der Waals surface area contributed by atoms with E-state index in [2.05, 4.69) is 15.5 Å². The minimum Gasteiger partial charge on any atom is -0.357 e. The average Bonchev–Trinajstić information content (AvgIpc) is 2.68. The highest BCUT2D eigenvalue weighted by molar-refractivity contribution is 7.16. The molecule has 4 nitrogen and oxygen atoms in total. The van der Waals surface area contributed by atoms with Crippen molar-refractivity contribution in [1.29, 1.82) is 0 Å². The van der Waals surface area contributed by atoms with E-state index in [1.807, 2.05) is 0 Å². The fraction of sp³-hybridized carbons (Fsp3) is 0.500. The molecule has 1 fully saturated rings.